The number of aromatic nitrogens is 6. The highest BCUT2D eigenvalue weighted by Gasteiger charge is 2.25. The maximum atomic E-state index is 11.7. The van der Waals surface area contributed by atoms with Crippen LogP contribution in [0.25, 0.3) is 33.4 Å². The van der Waals surface area contributed by atoms with Gasteiger partial charge < -0.3 is 10.2 Å². The van der Waals surface area contributed by atoms with Crippen molar-refractivity contribution in [3.05, 3.63) is 93.0 Å². The van der Waals surface area contributed by atoms with Crippen molar-refractivity contribution >= 4 is 45.3 Å². The molecular weight excluding hydrogens is 583 g/mol. The zero-order chi connectivity index (χ0) is 30.8. The van der Waals surface area contributed by atoms with Crippen LogP contribution >= 0.6 is 23.2 Å². The molecule has 4 aromatic carbocycles. The summed E-state index contributed by atoms with van der Waals surface area (Å²) in [5, 5.41) is 42.8. The fraction of sp³-hybridized carbons (Fsp3) is 0.273. The van der Waals surface area contributed by atoms with Crippen LogP contribution in [-0.4, -0.2) is 40.2 Å². The van der Waals surface area contributed by atoms with Crippen LogP contribution in [0.3, 0.4) is 0 Å². The average molecular weight is 616 g/mol. The predicted octanol–water partition coefficient (Wildman–Crippen LogP) is 8.06. The van der Waals surface area contributed by atoms with E-state index in [2.05, 4.69) is 61.9 Å². The zero-order valence-electron chi connectivity index (χ0n) is 24.8. The van der Waals surface area contributed by atoms with E-state index in [-0.39, 0.29) is 28.7 Å². The lowest BCUT2D eigenvalue weighted by atomic mass is 9.83. The molecule has 0 amide bonds. The summed E-state index contributed by atoms with van der Waals surface area (Å²) >= 11 is 12.4. The number of halogens is 2. The van der Waals surface area contributed by atoms with E-state index >= 15 is 0 Å². The molecule has 0 aliphatic heterocycles. The standard InChI is InChI=1S/C33H32Cl2N6O2/c1-32(2,3)20-12-18(30(42)28(14-20)40-36-24-9-7-22(34)16-26(24)38-40)11-19-13-21(33(4,5)6)15-29(31(19)43)41-37-25-10-8-23(35)17-27(25)39-41/h7-10,12-17,42-43H,11H2,1-6H3. The molecule has 10 heteroatoms. The molecule has 0 saturated heterocycles. The number of hydrogen-bond acceptors (Lipinski definition) is 6. The Morgan fingerprint density at radius 1 is 0.558 bits per heavy atom. The molecule has 0 spiro atoms. The summed E-state index contributed by atoms with van der Waals surface area (Å²) in [6.45, 7) is 12.6. The van der Waals surface area contributed by atoms with Gasteiger partial charge in [0.2, 0.25) is 0 Å². The van der Waals surface area contributed by atoms with Gasteiger partial charge in [0.05, 0.1) is 0 Å². The lowest BCUT2D eigenvalue weighted by Crippen LogP contribution is -2.15. The van der Waals surface area contributed by atoms with Gasteiger partial charge in [-0.15, -0.1) is 30.0 Å². The van der Waals surface area contributed by atoms with Crippen molar-refractivity contribution in [2.45, 2.75) is 58.8 Å². The molecule has 0 fully saturated rings. The van der Waals surface area contributed by atoms with Gasteiger partial charge in [-0.05, 0) is 70.5 Å². The van der Waals surface area contributed by atoms with E-state index in [1.165, 1.54) is 9.59 Å². The smallest absolute Gasteiger partial charge is 0.146 e. The van der Waals surface area contributed by atoms with E-state index in [1.807, 2.05) is 24.3 Å². The minimum absolute atomic E-state index is 0.0270. The van der Waals surface area contributed by atoms with Gasteiger partial charge in [-0.2, -0.15) is 0 Å². The summed E-state index contributed by atoms with van der Waals surface area (Å²) in [5.41, 5.74) is 6.18. The number of nitrogens with zero attached hydrogens (tertiary/aromatic N) is 6. The first-order valence-corrected chi connectivity index (χ1v) is 14.7. The Balaban J connectivity index is 1.52. The van der Waals surface area contributed by atoms with E-state index in [0.717, 1.165) is 11.1 Å². The molecule has 43 heavy (non-hydrogen) atoms. The minimum Gasteiger partial charge on any atom is -0.505 e. The normalized spacial score (nSPS) is 12.5. The Morgan fingerprint density at radius 2 is 0.930 bits per heavy atom. The van der Waals surface area contributed by atoms with Crippen molar-refractivity contribution in [3.8, 4) is 22.9 Å². The van der Waals surface area contributed by atoms with Crippen LogP contribution < -0.4 is 0 Å². The maximum Gasteiger partial charge on any atom is 0.146 e. The highest BCUT2D eigenvalue weighted by atomic mass is 35.5. The van der Waals surface area contributed by atoms with E-state index in [1.54, 1.807) is 36.4 Å². The van der Waals surface area contributed by atoms with Crippen molar-refractivity contribution in [2.75, 3.05) is 0 Å². The summed E-state index contributed by atoms with van der Waals surface area (Å²) in [6, 6.07) is 18.3. The first-order chi connectivity index (χ1) is 20.2. The van der Waals surface area contributed by atoms with Crippen molar-refractivity contribution in [1.29, 1.82) is 0 Å². The maximum absolute atomic E-state index is 11.7. The number of rotatable bonds is 4. The average Bonchev–Trinajstić information content (AvgIpc) is 3.53. The van der Waals surface area contributed by atoms with Gasteiger partial charge in [-0.1, -0.05) is 76.9 Å². The second kappa shape index (κ2) is 10.2. The molecule has 2 N–H and O–H groups in total. The molecule has 0 unspecified atom stereocenters. The highest BCUT2D eigenvalue weighted by Crippen LogP contribution is 2.39. The van der Waals surface area contributed by atoms with Gasteiger partial charge in [0.15, 0.2) is 0 Å². The third-order valence-electron chi connectivity index (χ3n) is 7.57. The molecule has 0 aliphatic rings. The molecule has 6 aromatic rings. The monoisotopic (exact) mass is 614 g/mol. The fourth-order valence-corrected chi connectivity index (χ4v) is 5.32. The zero-order valence-corrected chi connectivity index (χ0v) is 26.3. The van der Waals surface area contributed by atoms with E-state index < -0.39 is 0 Å². The second-order valence-electron chi connectivity index (χ2n) is 12.9. The van der Waals surface area contributed by atoms with Crippen LogP contribution in [0.4, 0.5) is 0 Å². The van der Waals surface area contributed by atoms with Crippen LogP contribution in [0.1, 0.15) is 63.8 Å². The Kier molecular flexibility index (Phi) is 6.90. The van der Waals surface area contributed by atoms with Crippen molar-refractivity contribution in [3.63, 3.8) is 0 Å². The first-order valence-electron chi connectivity index (χ1n) is 14.0. The summed E-state index contributed by atoms with van der Waals surface area (Å²) < 4.78 is 0. The van der Waals surface area contributed by atoms with Gasteiger partial charge in [-0.25, -0.2) is 0 Å². The van der Waals surface area contributed by atoms with E-state index in [0.29, 0.717) is 54.6 Å². The summed E-state index contributed by atoms with van der Waals surface area (Å²) in [5.74, 6) is 0.0539. The molecule has 0 saturated carbocycles. The van der Waals surface area contributed by atoms with Crippen LogP contribution in [0.5, 0.6) is 11.5 Å². The van der Waals surface area contributed by atoms with Crippen molar-refractivity contribution < 1.29 is 10.2 Å². The lowest BCUT2D eigenvalue weighted by Gasteiger charge is -2.24. The van der Waals surface area contributed by atoms with Gasteiger partial charge >= 0.3 is 0 Å². The summed E-state index contributed by atoms with van der Waals surface area (Å²) in [4.78, 5) is 2.88. The fourth-order valence-electron chi connectivity index (χ4n) is 4.99. The number of aromatic hydroxyl groups is 2. The Bertz CT molecular complexity index is 1890. The topological polar surface area (TPSA) is 102 Å². The first kappa shape index (κ1) is 29.0. The molecule has 0 bridgehead atoms. The van der Waals surface area contributed by atoms with E-state index in [9.17, 15) is 10.2 Å². The molecule has 0 aliphatic carbocycles. The van der Waals surface area contributed by atoms with Crippen LogP contribution in [0, 0.1) is 0 Å². The van der Waals surface area contributed by atoms with Crippen molar-refractivity contribution in [1.82, 2.24) is 30.0 Å². The van der Waals surface area contributed by atoms with Crippen LogP contribution in [-0.2, 0) is 17.3 Å². The van der Waals surface area contributed by atoms with Gasteiger partial charge in [0, 0.05) is 27.6 Å². The molecule has 2 aromatic heterocycles. The van der Waals surface area contributed by atoms with Gasteiger partial charge in [0.25, 0.3) is 0 Å². The molecule has 8 nitrogen and oxygen atoms in total. The molecule has 2 heterocycles. The highest BCUT2D eigenvalue weighted by molar-refractivity contribution is 6.31. The number of phenols is 2. The van der Waals surface area contributed by atoms with Crippen LogP contribution in [0.2, 0.25) is 10.0 Å². The van der Waals surface area contributed by atoms with Crippen LogP contribution in [0.15, 0.2) is 60.7 Å². The molecular formula is C33H32Cl2N6O2. The van der Waals surface area contributed by atoms with Crippen molar-refractivity contribution in [2.24, 2.45) is 0 Å². The Hall–Kier alpha value is -4.14. The number of phenolic OH excluding ortho intramolecular Hbond substituents is 2. The predicted molar refractivity (Wildman–Crippen MR) is 171 cm³/mol. The summed E-state index contributed by atoms with van der Waals surface area (Å²) in [6.07, 6.45) is 0.241. The molecule has 6 rings (SSSR count). The Labute approximate surface area is 259 Å². The third kappa shape index (κ3) is 5.53. The largest absolute Gasteiger partial charge is 0.505 e. The molecule has 0 radical (unpaired) electrons. The second-order valence-corrected chi connectivity index (χ2v) is 13.8. The third-order valence-corrected chi connectivity index (χ3v) is 8.04. The SMILES string of the molecule is CC(C)(C)c1cc(Cc2cc(C(C)(C)C)cc(-n3nc4ccc(Cl)cc4n3)c2O)c(O)c(-n2nc3ccc(Cl)cc3n2)c1. The molecule has 220 valence electrons. The minimum atomic E-state index is -0.242. The van der Waals surface area contributed by atoms with Gasteiger partial charge in [-0.3, -0.25) is 0 Å². The Morgan fingerprint density at radius 3 is 1.30 bits per heavy atom. The quantitative estimate of drug-likeness (QED) is 0.208. The number of fused-ring (bicyclic) bond motifs is 2. The number of benzene rings is 4. The number of hydrogen-bond donors (Lipinski definition) is 2. The van der Waals surface area contributed by atoms with Gasteiger partial charge in [0.1, 0.15) is 44.9 Å². The lowest BCUT2D eigenvalue weighted by molar-refractivity contribution is 0.453. The summed E-state index contributed by atoms with van der Waals surface area (Å²) in [7, 11) is 0. The molecule has 0 atom stereocenters. The van der Waals surface area contributed by atoms with E-state index in [4.69, 9.17) is 23.2 Å².